The van der Waals surface area contributed by atoms with Crippen molar-refractivity contribution in [1.82, 2.24) is 10.4 Å². The standard InChI is InChI=1S/C27H42N2O5/c1-5-6-7-11-23(32)13-12-21-9-8-10-22(16-21)17-29-26(27(33)28-15-14-19(2)3)25(20(4)31)24(18-30)34-29/h8-10,16,19-20,23-26,30-32H,5-7,11,14-15,17-18H2,1-4H3,(H,28,33)/t20-,23-,24-,25+,26-/m0/s1. The molecule has 4 N–H and O–H groups in total. The molecule has 0 unspecified atom stereocenters. The molecule has 1 aliphatic heterocycles. The van der Waals surface area contributed by atoms with Crippen LogP contribution in [-0.4, -0.2) is 63.8 Å². The zero-order chi connectivity index (χ0) is 25.1. The molecule has 5 atom stereocenters. The number of nitrogens with one attached hydrogen (secondary N) is 1. The lowest BCUT2D eigenvalue weighted by Crippen LogP contribution is -2.49. The van der Waals surface area contributed by atoms with Crippen LogP contribution in [0.25, 0.3) is 0 Å². The van der Waals surface area contributed by atoms with Crippen LogP contribution in [0.15, 0.2) is 24.3 Å². The SMILES string of the molecule is CCCCC[C@H](O)C#Cc1cccc(CN2O[C@@H](CO)[C@@H]([C@H](C)O)[C@H]2C(=O)NCCC(C)C)c1. The summed E-state index contributed by atoms with van der Waals surface area (Å²) in [5.74, 6) is 5.64. The first-order valence-electron chi connectivity index (χ1n) is 12.5. The highest BCUT2D eigenvalue weighted by Gasteiger charge is 2.49. The lowest BCUT2D eigenvalue weighted by atomic mass is 9.89. The van der Waals surface area contributed by atoms with E-state index in [0.29, 0.717) is 25.4 Å². The van der Waals surface area contributed by atoms with Crippen molar-refractivity contribution in [2.24, 2.45) is 11.8 Å². The number of hydrogen-bond acceptors (Lipinski definition) is 6. The van der Waals surface area contributed by atoms with Crippen molar-refractivity contribution >= 4 is 5.91 Å². The number of amides is 1. The molecule has 1 aromatic carbocycles. The van der Waals surface area contributed by atoms with Gasteiger partial charge in [-0.3, -0.25) is 9.63 Å². The van der Waals surface area contributed by atoms with E-state index >= 15 is 0 Å². The Balaban J connectivity index is 2.14. The second kappa shape index (κ2) is 14.4. The summed E-state index contributed by atoms with van der Waals surface area (Å²) >= 11 is 0. The number of benzene rings is 1. The Bertz CT molecular complexity index is 817. The summed E-state index contributed by atoms with van der Waals surface area (Å²) in [4.78, 5) is 19.0. The Morgan fingerprint density at radius 2 is 1.97 bits per heavy atom. The van der Waals surface area contributed by atoms with E-state index in [9.17, 15) is 20.1 Å². The fourth-order valence-electron chi connectivity index (χ4n) is 4.22. The zero-order valence-electron chi connectivity index (χ0n) is 21.0. The highest BCUT2D eigenvalue weighted by molar-refractivity contribution is 5.82. The number of hydrogen-bond donors (Lipinski definition) is 4. The van der Waals surface area contributed by atoms with Gasteiger partial charge >= 0.3 is 0 Å². The first kappa shape index (κ1) is 28.3. The number of carbonyl (C=O) groups excluding carboxylic acids is 1. The van der Waals surface area contributed by atoms with E-state index in [4.69, 9.17) is 4.84 Å². The minimum absolute atomic E-state index is 0.214. The van der Waals surface area contributed by atoms with Gasteiger partial charge in [0.2, 0.25) is 5.91 Å². The summed E-state index contributed by atoms with van der Waals surface area (Å²) in [6.45, 7) is 8.49. The van der Waals surface area contributed by atoms with Gasteiger partial charge in [-0.25, -0.2) is 0 Å². The number of hydroxylamine groups is 2. The Kier molecular flexibility index (Phi) is 12.0. The van der Waals surface area contributed by atoms with E-state index in [-0.39, 0.29) is 12.5 Å². The normalized spacial score (nSPS) is 22.3. The second-order valence-corrected chi connectivity index (χ2v) is 9.62. The molecule has 0 aromatic heterocycles. The maximum Gasteiger partial charge on any atom is 0.240 e. The predicted octanol–water partition coefficient (Wildman–Crippen LogP) is 2.62. The van der Waals surface area contributed by atoms with Gasteiger partial charge in [-0.1, -0.05) is 57.6 Å². The maximum absolute atomic E-state index is 13.1. The van der Waals surface area contributed by atoms with E-state index in [2.05, 4.69) is 37.9 Å². The fraction of sp³-hybridized carbons (Fsp3) is 0.667. The second-order valence-electron chi connectivity index (χ2n) is 9.62. The van der Waals surface area contributed by atoms with E-state index in [1.54, 1.807) is 12.0 Å². The van der Waals surface area contributed by atoms with Crippen LogP contribution in [0.4, 0.5) is 0 Å². The molecule has 190 valence electrons. The van der Waals surface area contributed by atoms with Crippen LogP contribution in [0.2, 0.25) is 0 Å². The number of nitrogens with zero attached hydrogens (tertiary/aromatic N) is 1. The van der Waals surface area contributed by atoms with E-state index in [1.165, 1.54) is 0 Å². The minimum atomic E-state index is -0.825. The summed E-state index contributed by atoms with van der Waals surface area (Å²) in [7, 11) is 0. The molecule has 2 rings (SSSR count). The molecule has 0 radical (unpaired) electrons. The van der Waals surface area contributed by atoms with Crippen LogP contribution in [0.5, 0.6) is 0 Å². The third-order valence-electron chi connectivity index (χ3n) is 6.13. The first-order chi connectivity index (χ1) is 16.3. The molecule has 0 saturated carbocycles. The molecule has 0 spiro atoms. The molecular weight excluding hydrogens is 432 g/mol. The first-order valence-corrected chi connectivity index (χ1v) is 12.5. The Hall–Kier alpha value is -1.95. The minimum Gasteiger partial charge on any atom is -0.394 e. The highest BCUT2D eigenvalue weighted by Crippen LogP contribution is 2.32. The summed E-state index contributed by atoms with van der Waals surface area (Å²) in [6, 6.07) is 6.87. The molecule has 1 heterocycles. The monoisotopic (exact) mass is 474 g/mol. The van der Waals surface area contributed by atoms with E-state index in [0.717, 1.165) is 36.8 Å². The molecule has 0 aliphatic carbocycles. The van der Waals surface area contributed by atoms with Crippen molar-refractivity contribution in [3.05, 3.63) is 35.4 Å². The van der Waals surface area contributed by atoms with Gasteiger partial charge in [-0.05, 0) is 49.8 Å². The Morgan fingerprint density at radius 3 is 2.62 bits per heavy atom. The van der Waals surface area contributed by atoms with Crippen LogP contribution >= 0.6 is 0 Å². The molecule has 7 nitrogen and oxygen atoms in total. The Labute approximate surface area is 204 Å². The van der Waals surface area contributed by atoms with Crippen LogP contribution in [0, 0.1) is 23.7 Å². The zero-order valence-corrected chi connectivity index (χ0v) is 21.0. The van der Waals surface area contributed by atoms with Gasteiger partial charge < -0.3 is 20.6 Å². The van der Waals surface area contributed by atoms with Crippen LogP contribution < -0.4 is 5.32 Å². The van der Waals surface area contributed by atoms with E-state index < -0.39 is 30.3 Å². The third-order valence-corrected chi connectivity index (χ3v) is 6.13. The number of carbonyl (C=O) groups is 1. The summed E-state index contributed by atoms with van der Waals surface area (Å²) in [6.07, 6.45) is 2.52. The number of aliphatic hydroxyl groups is 3. The smallest absolute Gasteiger partial charge is 0.240 e. The number of aliphatic hydroxyl groups excluding tert-OH is 3. The van der Waals surface area contributed by atoms with Crippen molar-refractivity contribution in [3.63, 3.8) is 0 Å². The molecule has 34 heavy (non-hydrogen) atoms. The van der Waals surface area contributed by atoms with Gasteiger partial charge in [-0.2, -0.15) is 5.06 Å². The fourth-order valence-corrected chi connectivity index (χ4v) is 4.22. The van der Waals surface area contributed by atoms with Gasteiger partial charge in [0.05, 0.1) is 19.3 Å². The van der Waals surface area contributed by atoms with E-state index in [1.807, 2.05) is 24.3 Å². The lowest BCUT2D eigenvalue weighted by molar-refractivity contribution is -0.181. The molecule has 1 fully saturated rings. The van der Waals surface area contributed by atoms with Crippen molar-refractivity contribution in [3.8, 4) is 11.8 Å². The van der Waals surface area contributed by atoms with Crippen molar-refractivity contribution in [1.29, 1.82) is 0 Å². The summed E-state index contributed by atoms with van der Waals surface area (Å²) < 4.78 is 0. The average molecular weight is 475 g/mol. The lowest BCUT2D eigenvalue weighted by Gasteiger charge is -2.26. The van der Waals surface area contributed by atoms with Crippen molar-refractivity contribution in [2.75, 3.05) is 13.2 Å². The summed E-state index contributed by atoms with van der Waals surface area (Å²) in [5, 5.41) is 34.8. The highest BCUT2D eigenvalue weighted by atomic mass is 16.7. The largest absolute Gasteiger partial charge is 0.394 e. The topological polar surface area (TPSA) is 102 Å². The molecule has 1 amide bonds. The van der Waals surface area contributed by atoms with Crippen molar-refractivity contribution in [2.45, 2.75) is 90.7 Å². The Morgan fingerprint density at radius 1 is 1.21 bits per heavy atom. The van der Waals surface area contributed by atoms with Crippen LogP contribution in [0.1, 0.15) is 70.9 Å². The molecule has 1 saturated heterocycles. The van der Waals surface area contributed by atoms with Gasteiger partial charge in [-0.15, -0.1) is 0 Å². The average Bonchev–Trinajstić information content (AvgIpc) is 3.16. The van der Waals surface area contributed by atoms with Crippen molar-refractivity contribution < 1.29 is 25.0 Å². The van der Waals surface area contributed by atoms with Gasteiger partial charge in [0.25, 0.3) is 0 Å². The van der Waals surface area contributed by atoms with Gasteiger partial charge in [0.1, 0.15) is 18.2 Å². The quantitative estimate of drug-likeness (QED) is 0.274. The van der Waals surface area contributed by atoms with Gasteiger partial charge in [0, 0.05) is 18.0 Å². The van der Waals surface area contributed by atoms with Gasteiger partial charge in [0.15, 0.2) is 0 Å². The number of unbranched alkanes of at least 4 members (excludes halogenated alkanes) is 2. The van der Waals surface area contributed by atoms with Crippen LogP contribution in [0.3, 0.4) is 0 Å². The molecule has 0 bridgehead atoms. The summed E-state index contributed by atoms with van der Waals surface area (Å²) in [5.41, 5.74) is 1.66. The third kappa shape index (κ3) is 8.68. The molecule has 7 heteroatoms. The predicted molar refractivity (Wildman–Crippen MR) is 132 cm³/mol. The number of rotatable bonds is 12. The molecular formula is C27H42N2O5. The molecule has 1 aromatic rings. The van der Waals surface area contributed by atoms with Crippen LogP contribution in [-0.2, 0) is 16.2 Å². The maximum atomic E-state index is 13.1. The molecule has 1 aliphatic rings.